The maximum Gasteiger partial charge on any atom is 0.153 e. The van der Waals surface area contributed by atoms with Crippen LogP contribution in [0.5, 0.6) is 0 Å². The van der Waals surface area contributed by atoms with Crippen molar-refractivity contribution in [2.75, 3.05) is 0 Å². The molecule has 0 atom stereocenters. The number of rotatable bonds is 2. The third-order valence-corrected chi connectivity index (χ3v) is 5.00. The lowest BCUT2D eigenvalue weighted by Gasteiger charge is -2.07. The van der Waals surface area contributed by atoms with Crippen molar-refractivity contribution in [2.45, 2.75) is 51.0 Å². The average molecular weight is 249 g/mol. The first-order chi connectivity index (χ1) is 8.36. The molecular formula is C13H19N3S. The summed E-state index contributed by atoms with van der Waals surface area (Å²) < 4.78 is 0. The van der Waals surface area contributed by atoms with Gasteiger partial charge in [-0.3, -0.25) is 4.99 Å². The molecular weight excluding hydrogens is 230 g/mol. The van der Waals surface area contributed by atoms with Gasteiger partial charge in [-0.1, -0.05) is 12.8 Å². The highest BCUT2D eigenvalue weighted by atomic mass is 32.1. The second-order valence-electron chi connectivity index (χ2n) is 4.97. The summed E-state index contributed by atoms with van der Waals surface area (Å²) in [4.78, 5) is 7.53. The van der Waals surface area contributed by atoms with Crippen molar-refractivity contribution >= 4 is 17.2 Å². The van der Waals surface area contributed by atoms with Crippen molar-refractivity contribution in [1.29, 1.82) is 0 Å². The zero-order chi connectivity index (χ0) is 11.7. The Labute approximate surface area is 106 Å². The predicted molar refractivity (Wildman–Crippen MR) is 72.5 cm³/mol. The molecule has 0 bridgehead atoms. The molecule has 1 saturated carbocycles. The summed E-state index contributed by atoms with van der Waals surface area (Å²) in [5.41, 5.74) is 4.31. The third kappa shape index (κ3) is 2.24. The van der Waals surface area contributed by atoms with Gasteiger partial charge in [-0.05, 0) is 43.7 Å². The van der Waals surface area contributed by atoms with Crippen LogP contribution in [0.4, 0.5) is 0 Å². The zero-order valence-electron chi connectivity index (χ0n) is 10.0. The molecule has 0 spiro atoms. The lowest BCUT2D eigenvalue weighted by molar-refractivity contribution is 0.701. The van der Waals surface area contributed by atoms with Crippen LogP contribution in [0.2, 0.25) is 0 Å². The summed E-state index contributed by atoms with van der Waals surface area (Å²) >= 11 is 1.86. The summed E-state index contributed by atoms with van der Waals surface area (Å²) in [6, 6.07) is 2.76. The van der Waals surface area contributed by atoms with Gasteiger partial charge in [0.25, 0.3) is 0 Å². The number of nitrogens with zero attached hydrogens (tertiary/aromatic N) is 1. The minimum Gasteiger partial charge on any atom is -0.308 e. The fourth-order valence-electron chi connectivity index (χ4n) is 2.83. The highest BCUT2D eigenvalue weighted by Gasteiger charge is 2.19. The maximum atomic E-state index is 5.63. The number of hydrogen-bond donors (Lipinski definition) is 2. The molecule has 17 heavy (non-hydrogen) atoms. The van der Waals surface area contributed by atoms with Crippen molar-refractivity contribution in [3.05, 3.63) is 21.4 Å². The van der Waals surface area contributed by atoms with Crippen LogP contribution in [0.3, 0.4) is 0 Å². The van der Waals surface area contributed by atoms with E-state index in [1.807, 2.05) is 11.3 Å². The van der Waals surface area contributed by atoms with Crippen LogP contribution < -0.4 is 11.3 Å². The Hall–Kier alpha value is -0.870. The van der Waals surface area contributed by atoms with Crippen LogP contribution in [-0.4, -0.2) is 11.9 Å². The minimum atomic E-state index is 0.484. The van der Waals surface area contributed by atoms with E-state index in [1.54, 1.807) is 0 Å². The third-order valence-electron chi connectivity index (χ3n) is 3.75. The highest BCUT2D eigenvalue weighted by Crippen LogP contribution is 2.31. The number of hydrogen-bond acceptors (Lipinski definition) is 3. The summed E-state index contributed by atoms with van der Waals surface area (Å²) in [6.45, 7) is 0. The van der Waals surface area contributed by atoms with Crippen molar-refractivity contribution in [2.24, 2.45) is 10.8 Å². The SMILES string of the molecule is NNC(=NC1CCCC1)c1cc2c(s1)CCC2. The van der Waals surface area contributed by atoms with E-state index in [0.29, 0.717) is 6.04 Å². The Morgan fingerprint density at radius 1 is 1.29 bits per heavy atom. The smallest absolute Gasteiger partial charge is 0.153 e. The molecule has 0 saturated heterocycles. The van der Waals surface area contributed by atoms with Gasteiger partial charge < -0.3 is 5.43 Å². The zero-order valence-corrected chi connectivity index (χ0v) is 10.9. The lowest BCUT2D eigenvalue weighted by atomic mass is 10.2. The van der Waals surface area contributed by atoms with Crippen LogP contribution in [0.15, 0.2) is 11.1 Å². The minimum absolute atomic E-state index is 0.484. The van der Waals surface area contributed by atoms with Gasteiger partial charge in [-0.25, -0.2) is 5.84 Å². The van der Waals surface area contributed by atoms with E-state index in [-0.39, 0.29) is 0 Å². The summed E-state index contributed by atoms with van der Waals surface area (Å²) in [6.07, 6.45) is 8.84. The summed E-state index contributed by atoms with van der Waals surface area (Å²) in [7, 11) is 0. The number of fused-ring (bicyclic) bond motifs is 1. The number of amidine groups is 1. The van der Waals surface area contributed by atoms with Gasteiger partial charge in [0.15, 0.2) is 5.84 Å². The molecule has 92 valence electrons. The van der Waals surface area contributed by atoms with Gasteiger partial charge in [0, 0.05) is 4.88 Å². The summed E-state index contributed by atoms with van der Waals surface area (Å²) in [5, 5.41) is 0. The molecule has 1 fully saturated rings. The molecule has 3 nitrogen and oxygen atoms in total. The van der Waals surface area contributed by atoms with E-state index in [1.165, 1.54) is 60.3 Å². The number of hydrazine groups is 1. The highest BCUT2D eigenvalue weighted by molar-refractivity contribution is 7.14. The van der Waals surface area contributed by atoms with E-state index in [2.05, 4.69) is 11.5 Å². The van der Waals surface area contributed by atoms with E-state index in [0.717, 1.165) is 5.84 Å². The lowest BCUT2D eigenvalue weighted by Crippen LogP contribution is -2.31. The number of nitrogens with two attached hydrogens (primary N) is 1. The fraction of sp³-hybridized carbons (Fsp3) is 0.615. The standard InChI is InChI=1S/C13H19N3S/c14-16-13(15-10-5-1-2-6-10)12-8-9-4-3-7-11(9)17-12/h8,10H,1-7,14H2,(H,15,16). The van der Waals surface area contributed by atoms with E-state index < -0.39 is 0 Å². The molecule has 2 aliphatic carbocycles. The molecule has 4 heteroatoms. The summed E-state index contributed by atoms with van der Waals surface area (Å²) in [5.74, 6) is 6.53. The molecule has 3 N–H and O–H groups in total. The molecule has 3 rings (SSSR count). The average Bonchev–Trinajstić information content (AvgIpc) is 3.01. The topological polar surface area (TPSA) is 50.4 Å². The first-order valence-corrected chi connectivity index (χ1v) is 7.35. The number of nitrogens with one attached hydrogen (secondary N) is 1. The molecule has 0 unspecified atom stereocenters. The molecule has 0 aliphatic heterocycles. The largest absolute Gasteiger partial charge is 0.308 e. The Bertz CT molecular complexity index is 408. The van der Waals surface area contributed by atoms with Crippen LogP contribution in [0, 0.1) is 0 Å². The predicted octanol–water partition coefficient (Wildman–Crippen LogP) is 2.39. The number of aryl methyl sites for hydroxylation is 2. The molecule has 2 aliphatic rings. The van der Waals surface area contributed by atoms with Crippen LogP contribution in [-0.2, 0) is 12.8 Å². The van der Waals surface area contributed by atoms with Gasteiger partial charge in [0.05, 0.1) is 10.9 Å². The molecule has 1 aromatic heterocycles. The molecule has 0 radical (unpaired) electrons. The Morgan fingerprint density at radius 2 is 2.12 bits per heavy atom. The Morgan fingerprint density at radius 3 is 2.82 bits per heavy atom. The van der Waals surface area contributed by atoms with Gasteiger partial charge in [0.1, 0.15) is 0 Å². The second-order valence-corrected chi connectivity index (χ2v) is 6.11. The molecule has 0 aromatic carbocycles. The van der Waals surface area contributed by atoms with Gasteiger partial charge in [0.2, 0.25) is 0 Å². The maximum absolute atomic E-state index is 5.63. The van der Waals surface area contributed by atoms with Gasteiger partial charge in [-0.15, -0.1) is 11.3 Å². The molecule has 1 aromatic rings. The van der Waals surface area contributed by atoms with Crippen LogP contribution in [0.1, 0.15) is 47.4 Å². The van der Waals surface area contributed by atoms with Crippen LogP contribution >= 0.6 is 11.3 Å². The van der Waals surface area contributed by atoms with Crippen molar-refractivity contribution in [1.82, 2.24) is 5.43 Å². The normalized spacial score (nSPS) is 20.9. The number of aliphatic imine (C=N–C) groups is 1. The molecule has 0 amide bonds. The van der Waals surface area contributed by atoms with E-state index in [4.69, 9.17) is 10.8 Å². The van der Waals surface area contributed by atoms with Crippen molar-refractivity contribution < 1.29 is 0 Å². The van der Waals surface area contributed by atoms with Crippen molar-refractivity contribution in [3.8, 4) is 0 Å². The molecule has 1 heterocycles. The van der Waals surface area contributed by atoms with Crippen molar-refractivity contribution in [3.63, 3.8) is 0 Å². The van der Waals surface area contributed by atoms with Gasteiger partial charge >= 0.3 is 0 Å². The van der Waals surface area contributed by atoms with E-state index >= 15 is 0 Å². The Balaban J connectivity index is 1.83. The first kappa shape index (κ1) is 11.2. The van der Waals surface area contributed by atoms with E-state index in [9.17, 15) is 0 Å². The van der Waals surface area contributed by atoms with Gasteiger partial charge in [-0.2, -0.15) is 0 Å². The fourth-order valence-corrected chi connectivity index (χ4v) is 4.05. The van der Waals surface area contributed by atoms with Crippen LogP contribution in [0.25, 0.3) is 0 Å². The monoisotopic (exact) mass is 249 g/mol. The first-order valence-electron chi connectivity index (χ1n) is 6.53. The Kier molecular flexibility index (Phi) is 3.16. The quantitative estimate of drug-likeness (QED) is 0.366. The second kappa shape index (κ2) is 4.78. The number of thiophene rings is 1.